The third-order valence-corrected chi connectivity index (χ3v) is 7.13. The molecule has 0 amide bonds. The molecule has 2 unspecified atom stereocenters. The number of hydrogen-bond acceptors (Lipinski definition) is 5. The third kappa shape index (κ3) is 5.27. The van der Waals surface area contributed by atoms with Crippen LogP contribution in [-0.4, -0.2) is 55.5 Å². The fourth-order valence-electron chi connectivity index (χ4n) is 5.45. The molecule has 1 aliphatic carbocycles. The summed E-state index contributed by atoms with van der Waals surface area (Å²) < 4.78 is 5.58. The number of benzene rings is 1. The third-order valence-electron chi connectivity index (χ3n) is 7.13. The molecule has 5 heteroatoms. The van der Waals surface area contributed by atoms with Crippen LogP contribution in [0.15, 0.2) is 48.7 Å². The van der Waals surface area contributed by atoms with Crippen molar-refractivity contribution in [1.82, 2.24) is 9.88 Å². The molecule has 0 N–H and O–H groups in total. The van der Waals surface area contributed by atoms with Gasteiger partial charge in [0, 0.05) is 38.4 Å². The van der Waals surface area contributed by atoms with E-state index < -0.39 is 0 Å². The Morgan fingerprint density at radius 3 is 2.45 bits per heavy atom. The van der Waals surface area contributed by atoms with Crippen LogP contribution in [0.2, 0.25) is 0 Å². The minimum absolute atomic E-state index is 0.125. The molecular formula is C26H35N3O2. The summed E-state index contributed by atoms with van der Waals surface area (Å²) in [4.78, 5) is 21.6. The maximum Gasteiger partial charge on any atom is 0.142 e. The number of hydrogen-bond donors (Lipinski definition) is 0. The van der Waals surface area contributed by atoms with E-state index >= 15 is 0 Å². The number of carbonyl (C=O) groups excluding carboxylic acids is 1. The number of methoxy groups -OCH3 is 1. The number of piperazine rings is 1. The van der Waals surface area contributed by atoms with Crippen molar-refractivity contribution in [3.05, 3.63) is 54.4 Å². The van der Waals surface area contributed by atoms with Gasteiger partial charge in [-0.25, -0.2) is 0 Å². The van der Waals surface area contributed by atoms with Crippen molar-refractivity contribution < 1.29 is 9.53 Å². The lowest BCUT2D eigenvalue weighted by Gasteiger charge is -2.44. The summed E-state index contributed by atoms with van der Waals surface area (Å²) in [6.45, 7) is 4.01. The van der Waals surface area contributed by atoms with E-state index in [1.807, 2.05) is 30.3 Å². The molecule has 0 radical (unpaired) electrons. The molecule has 0 bridgehead atoms. The molecule has 0 spiro atoms. The van der Waals surface area contributed by atoms with Crippen LogP contribution in [0.3, 0.4) is 0 Å². The molecular weight excluding hydrogens is 386 g/mol. The highest BCUT2D eigenvalue weighted by Crippen LogP contribution is 2.35. The lowest BCUT2D eigenvalue weighted by Crippen LogP contribution is -2.53. The van der Waals surface area contributed by atoms with Crippen molar-refractivity contribution in [2.75, 3.05) is 38.2 Å². The largest absolute Gasteiger partial charge is 0.495 e. The first-order chi connectivity index (χ1) is 15.3. The second-order valence-corrected chi connectivity index (χ2v) is 8.89. The standard InChI is InChI=1S/C26H35N3O2/c1-31-26-13-6-5-12-24(26)28-15-17-29(18-16-28)25(21-9-3-2-4-10-21)19-22(20-30)23-11-7-8-14-27-23/h5-8,11-14,20-22,25H,2-4,9-10,15-19H2,1H3. The van der Waals surface area contributed by atoms with Gasteiger partial charge < -0.3 is 14.4 Å². The lowest BCUT2D eigenvalue weighted by molar-refractivity contribution is -0.109. The molecule has 5 nitrogen and oxygen atoms in total. The summed E-state index contributed by atoms with van der Waals surface area (Å²) >= 11 is 0. The van der Waals surface area contributed by atoms with Gasteiger partial charge in [0.2, 0.25) is 0 Å². The zero-order valence-corrected chi connectivity index (χ0v) is 18.7. The van der Waals surface area contributed by atoms with Gasteiger partial charge in [0.05, 0.1) is 24.4 Å². The Bertz CT molecular complexity index is 814. The smallest absolute Gasteiger partial charge is 0.142 e. The van der Waals surface area contributed by atoms with E-state index in [1.165, 1.54) is 37.8 Å². The average molecular weight is 422 g/mol. The van der Waals surface area contributed by atoms with Crippen molar-refractivity contribution >= 4 is 12.0 Å². The molecule has 166 valence electrons. The van der Waals surface area contributed by atoms with Gasteiger partial charge in [0.25, 0.3) is 0 Å². The van der Waals surface area contributed by atoms with Crippen LogP contribution in [0.5, 0.6) is 5.75 Å². The minimum Gasteiger partial charge on any atom is -0.495 e. The van der Waals surface area contributed by atoms with Crippen molar-refractivity contribution in [3.63, 3.8) is 0 Å². The number of rotatable bonds is 8. The maximum absolute atomic E-state index is 12.0. The molecule has 2 atom stereocenters. The number of para-hydroxylation sites is 2. The Kier molecular flexibility index (Phi) is 7.57. The Morgan fingerprint density at radius 1 is 1.03 bits per heavy atom. The summed E-state index contributed by atoms with van der Waals surface area (Å²) in [7, 11) is 1.74. The van der Waals surface area contributed by atoms with E-state index in [9.17, 15) is 4.79 Å². The monoisotopic (exact) mass is 421 g/mol. The van der Waals surface area contributed by atoms with Gasteiger partial charge in [-0.2, -0.15) is 0 Å². The van der Waals surface area contributed by atoms with Gasteiger partial charge in [-0.15, -0.1) is 0 Å². The van der Waals surface area contributed by atoms with E-state index in [1.54, 1.807) is 13.3 Å². The number of nitrogens with zero attached hydrogens (tertiary/aromatic N) is 3. The molecule has 31 heavy (non-hydrogen) atoms. The number of carbonyl (C=O) groups is 1. The van der Waals surface area contributed by atoms with Gasteiger partial charge >= 0.3 is 0 Å². The Morgan fingerprint density at radius 2 is 1.77 bits per heavy atom. The SMILES string of the molecule is COc1ccccc1N1CCN(C(CC(C=O)c2ccccn2)C2CCCCC2)CC1. The van der Waals surface area contributed by atoms with Gasteiger partial charge in [0.1, 0.15) is 12.0 Å². The number of aldehydes is 1. The van der Waals surface area contributed by atoms with Crippen LogP contribution in [0.4, 0.5) is 5.69 Å². The molecule has 1 aromatic heterocycles. The summed E-state index contributed by atoms with van der Waals surface area (Å²) in [6, 6.07) is 14.6. The first-order valence-corrected chi connectivity index (χ1v) is 11.8. The van der Waals surface area contributed by atoms with E-state index in [0.717, 1.165) is 50.3 Å². The molecule has 1 saturated carbocycles. The van der Waals surface area contributed by atoms with Gasteiger partial charge in [-0.05, 0) is 49.4 Å². The molecule has 2 aliphatic rings. The number of ether oxygens (including phenoxy) is 1. The molecule has 2 heterocycles. The Labute approximate surface area is 186 Å². The Balaban J connectivity index is 1.48. The highest BCUT2D eigenvalue weighted by atomic mass is 16.5. The Hall–Kier alpha value is -2.40. The zero-order chi connectivity index (χ0) is 21.5. The highest BCUT2D eigenvalue weighted by Gasteiger charge is 2.33. The maximum atomic E-state index is 12.0. The van der Waals surface area contributed by atoms with E-state index in [-0.39, 0.29) is 5.92 Å². The van der Waals surface area contributed by atoms with Crippen molar-refractivity contribution in [3.8, 4) is 5.75 Å². The van der Waals surface area contributed by atoms with Gasteiger partial charge in [-0.3, -0.25) is 9.88 Å². The normalized spacial score (nSPS) is 20.2. The number of pyridine rings is 1. The van der Waals surface area contributed by atoms with Gasteiger partial charge in [0.15, 0.2) is 0 Å². The van der Waals surface area contributed by atoms with Gasteiger partial charge in [-0.1, -0.05) is 37.5 Å². The number of anilines is 1. The molecule has 1 saturated heterocycles. The first kappa shape index (κ1) is 21.8. The molecule has 4 rings (SSSR count). The molecule has 2 fully saturated rings. The van der Waals surface area contributed by atoms with Crippen molar-refractivity contribution in [1.29, 1.82) is 0 Å². The average Bonchev–Trinajstić information content (AvgIpc) is 2.86. The molecule has 2 aromatic rings. The van der Waals surface area contributed by atoms with Crippen LogP contribution >= 0.6 is 0 Å². The summed E-state index contributed by atoms with van der Waals surface area (Å²) in [6.07, 6.45) is 10.3. The van der Waals surface area contributed by atoms with Crippen LogP contribution in [0.25, 0.3) is 0 Å². The fraction of sp³-hybridized carbons (Fsp3) is 0.538. The topological polar surface area (TPSA) is 45.7 Å². The van der Waals surface area contributed by atoms with E-state index in [4.69, 9.17) is 4.74 Å². The van der Waals surface area contributed by atoms with Crippen LogP contribution < -0.4 is 9.64 Å². The van der Waals surface area contributed by atoms with Crippen molar-refractivity contribution in [2.24, 2.45) is 5.92 Å². The zero-order valence-electron chi connectivity index (χ0n) is 18.7. The minimum atomic E-state index is -0.125. The predicted octanol–water partition coefficient (Wildman–Crippen LogP) is 4.53. The quantitative estimate of drug-likeness (QED) is 0.586. The van der Waals surface area contributed by atoms with Crippen LogP contribution in [0, 0.1) is 5.92 Å². The fourth-order valence-corrected chi connectivity index (χ4v) is 5.45. The number of aromatic nitrogens is 1. The second-order valence-electron chi connectivity index (χ2n) is 8.89. The lowest BCUT2D eigenvalue weighted by atomic mass is 9.79. The van der Waals surface area contributed by atoms with E-state index in [2.05, 4.69) is 26.9 Å². The second kappa shape index (κ2) is 10.8. The summed E-state index contributed by atoms with van der Waals surface area (Å²) in [5.41, 5.74) is 2.09. The van der Waals surface area contributed by atoms with Crippen molar-refractivity contribution in [2.45, 2.75) is 50.5 Å². The summed E-state index contributed by atoms with van der Waals surface area (Å²) in [5, 5.41) is 0. The molecule has 1 aromatic carbocycles. The van der Waals surface area contributed by atoms with Crippen LogP contribution in [-0.2, 0) is 4.79 Å². The van der Waals surface area contributed by atoms with Crippen LogP contribution in [0.1, 0.15) is 50.1 Å². The predicted molar refractivity (Wildman–Crippen MR) is 125 cm³/mol. The first-order valence-electron chi connectivity index (χ1n) is 11.8. The van der Waals surface area contributed by atoms with E-state index in [0.29, 0.717) is 12.0 Å². The molecule has 1 aliphatic heterocycles. The summed E-state index contributed by atoms with van der Waals surface area (Å²) in [5.74, 6) is 1.49. The highest BCUT2D eigenvalue weighted by molar-refractivity contribution is 5.61.